The van der Waals surface area contributed by atoms with Gasteiger partial charge in [-0.05, 0) is 19.2 Å². The summed E-state index contributed by atoms with van der Waals surface area (Å²) in [6, 6.07) is 4.81. The van der Waals surface area contributed by atoms with Gasteiger partial charge in [0.05, 0.1) is 0 Å². The summed E-state index contributed by atoms with van der Waals surface area (Å²) in [5.41, 5.74) is 0.619. The van der Waals surface area contributed by atoms with Gasteiger partial charge < -0.3 is 10.2 Å². The van der Waals surface area contributed by atoms with Gasteiger partial charge >= 0.3 is 5.97 Å². The third-order valence-corrected chi connectivity index (χ3v) is 2.64. The highest BCUT2D eigenvalue weighted by atomic mass is 16.4. The zero-order valence-electron chi connectivity index (χ0n) is 9.60. The summed E-state index contributed by atoms with van der Waals surface area (Å²) in [5.74, 6) is -1.22. The molecule has 0 radical (unpaired) electrons. The van der Waals surface area contributed by atoms with E-state index in [2.05, 4.69) is 4.90 Å². The Hall–Kier alpha value is -1.55. The first-order valence-corrected chi connectivity index (χ1v) is 5.36. The summed E-state index contributed by atoms with van der Waals surface area (Å²) in [6.07, 6.45) is 0. The summed E-state index contributed by atoms with van der Waals surface area (Å²) in [7, 11) is 0. The van der Waals surface area contributed by atoms with Crippen molar-refractivity contribution >= 4 is 5.97 Å². The number of phenols is 1. The molecular formula is C12H17NO3. The number of rotatable bonds is 5. The molecule has 0 bridgehead atoms. The zero-order valence-corrected chi connectivity index (χ0v) is 9.60. The van der Waals surface area contributed by atoms with E-state index in [-0.39, 0.29) is 11.3 Å². The van der Waals surface area contributed by atoms with Gasteiger partial charge in [0.25, 0.3) is 0 Å². The zero-order chi connectivity index (χ0) is 12.1. The molecule has 1 aromatic carbocycles. The maximum Gasteiger partial charge on any atom is 0.339 e. The third kappa shape index (κ3) is 2.73. The van der Waals surface area contributed by atoms with Crippen molar-refractivity contribution in [2.75, 3.05) is 13.1 Å². The van der Waals surface area contributed by atoms with Crippen molar-refractivity contribution in [1.82, 2.24) is 4.90 Å². The van der Waals surface area contributed by atoms with E-state index >= 15 is 0 Å². The Balaban J connectivity index is 2.97. The van der Waals surface area contributed by atoms with Crippen LogP contribution in [-0.2, 0) is 6.54 Å². The van der Waals surface area contributed by atoms with Crippen LogP contribution in [0.5, 0.6) is 5.75 Å². The fourth-order valence-electron chi connectivity index (χ4n) is 1.58. The minimum Gasteiger partial charge on any atom is -0.507 e. The van der Waals surface area contributed by atoms with Crippen LogP contribution in [0.25, 0.3) is 0 Å². The van der Waals surface area contributed by atoms with Crippen molar-refractivity contribution in [2.45, 2.75) is 20.4 Å². The van der Waals surface area contributed by atoms with Gasteiger partial charge in [-0.3, -0.25) is 4.90 Å². The van der Waals surface area contributed by atoms with Crippen LogP contribution in [0.4, 0.5) is 0 Å². The minimum absolute atomic E-state index is 0.0374. The van der Waals surface area contributed by atoms with Crippen molar-refractivity contribution < 1.29 is 15.0 Å². The average Bonchev–Trinajstić information content (AvgIpc) is 2.27. The Morgan fingerprint density at radius 3 is 2.44 bits per heavy atom. The number of carboxylic acid groups (broad SMARTS) is 1. The summed E-state index contributed by atoms with van der Waals surface area (Å²) < 4.78 is 0. The van der Waals surface area contributed by atoms with Gasteiger partial charge in [0, 0.05) is 12.1 Å². The van der Waals surface area contributed by atoms with E-state index in [9.17, 15) is 9.90 Å². The number of aromatic hydroxyl groups is 1. The largest absolute Gasteiger partial charge is 0.507 e. The van der Waals surface area contributed by atoms with Crippen LogP contribution >= 0.6 is 0 Å². The number of para-hydroxylation sites is 1. The van der Waals surface area contributed by atoms with Crippen LogP contribution in [0.1, 0.15) is 29.8 Å². The molecule has 88 valence electrons. The second-order valence-electron chi connectivity index (χ2n) is 3.58. The van der Waals surface area contributed by atoms with Gasteiger partial charge in [-0.1, -0.05) is 26.0 Å². The van der Waals surface area contributed by atoms with Crippen LogP contribution in [0.15, 0.2) is 18.2 Å². The van der Waals surface area contributed by atoms with Crippen LogP contribution in [0, 0.1) is 0 Å². The molecule has 0 aliphatic carbocycles. The van der Waals surface area contributed by atoms with Gasteiger partial charge in [0.15, 0.2) is 0 Å². The number of carbonyl (C=O) groups is 1. The molecule has 4 heteroatoms. The van der Waals surface area contributed by atoms with Crippen LogP contribution in [0.3, 0.4) is 0 Å². The van der Waals surface area contributed by atoms with Gasteiger partial charge in [0.2, 0.25) is 0 Å². The van der Waals surface area contributed by atoms with Crippen LogP contribution < -0.4 is 0 Å². The predicted molar refractivity (Wildman–Crippen MR) is 61.7 cm³/mol. The number of carboxylic acids is 1. The summed E-state index contributed by atoms with van der Waals surface area (Å²) in [6.45, 7) is 6.36. The first-order valence-electron chi connectivity index (χ1n) is 5.36. The minimum atomic E-state index is -1.10. The monoisotopic (exact) mass is 223 g/mol. The molecule has 4 nitrogen and oxygen atoms in total. The summed E-state index contributed by atoms with van der Waals surface area (Å²) in [4.78, 5) is 12.9. The molecule has 0 saturated carbocycles. The predicted octanol–water partition coefficient (Wildman–Crippen LogP) is 1.93. The van der Waals surface area contributed by atoms with Gasteiger partial charge in [-0.2, -0.15) is 0 Å². The SMILES string of the molecule is CCN(CC)Cc1cccc(C(=O)O)c1O. The molecule has 2 N–H and O–H groups in total. The lowest BCUT2D eigenvalue weighted by Crippen LogP contribution is -2.22. The highest BCUT2D eigenvalue weighted by molar-refractivity contribution is 5.91. The maximum absolute atomic E-state index is 10.8. The number of nitrogens with zero attached hydrogens (tertiary/aromatic N) is 1. The molecule has 0 fully saturated rings. The molecule has 0 aliphatic rings. The van der Waals surface area contributed by atoms with Gasteiger partial charge in [-0.15, -0.1) is 0 Å². The standard InChI is InChI=1S/C12H17NO3/c1-3-13(4-2)8-9-6-5-7-10(11(9)14)12(15)16/h5-7,14H,3-4,8H2,1-2H3,(H,15,16). The van der Waals surface area contributed by atoms with E-state index in [0.29, 0.717) is 12.1 Å². The Morgan fingerprint density at radius 1 is 1.31 bits per heavy atom. The molecule has 0 saturated heterocycles. The Morgan fingerprint density at radius 2 is 1.94 bits per heavy atom. The lowest BCUT2D eigenvalue weighted by atomic mass is 10.1. The van der Waals surface area contributed by atoms with E-state index in [1.165, 1.54) is 6.07 Å². The third-order valence-electron chi connectivity index (χ3n) is 2.64. The first kappa shape index (κ1) is 12.5. The summed E-state index contributed by atoms with van der Waals surface area (Å²) in [5, 5.41) is 18.7. The molecule has 0 aliphatic heterocycles. The lowest BCUT2D eigenvalue weighted by Gasteiger charge is -2.19. The second kappa shape index (κ2) is 5.51. The highest BCUT2D eigenvalue weighted by Gasteiger charge is 2.13. The molecule has 1 aromatic rings. The highest BCUT2D eigenvalue weighted by Crippen LogP contribution is 2.23. The number of hydrogen-bond acceptors (Lipinski definition) is 3. The first-order chi connectivity index (χ1) is 7.60. The molecule has 0 aromatic heterocycles. The number of benzene rings is 1. The van der Waals surface area contributed by atoms with Gasteiger partial charge in [-0.25, -0.2) is 4.79 Å². The van der Waals surface area contributed by atoms with Gasteiger partial charge in [0.1, 0.15) is 11.3 Å². The number of aromatic carboxylic acids is 1. The molecule has 0 unspecified atom stereocenters. The molecule has 1 rings (SSSR count). The Bertz CT molecular complexity index is 373. The maximum atomic E-state index is 10.8. The Labute approximate surface area is 95.1 Å². The molecule has 0 atom stereocenters. The molecule has 0 heterocycles. The van der Waals surface area contributed by atoms with Crippen molar-refractivity contribution in [3.05, 3.63) is 29.3 Å². The van der Waals surface area contributed by atoms with E-state index in [0.717, 1.165) is 13.1 Å². The van der Waals surface area contributed by atoms with Crippen LogP contribution in [0.2, 0.25) is 0 Å². The summed E-state index contributed by atoms with van der Waals surface area (Å²) >= 11 is 0. The van der Waals surface area contributed by atoms with Crippen LogP contribution in [-0.4, -0.2) is 34.2 Å². The van der Waals surface area contributed by atoms with Crippen molar-refractivity contribution in [3.8, 4) is 5.75 Å². The number of hydrogen-bond donors (Lipinski definition) is 2. The van der Waals surface area contributed by atoms with E-state index in [1.54, 1.807) is 12.1 Å². The Kier molecular flexibility index (Phi) is 4.31. The smallest absolute Gasteiger partial charge is 0.339 e. The normalized spacial score (nSPS) is 10.7. The van der Waals surface area contributed by atoms with E-state index < -0.39 is 5.97 Å². The lowest BCUT2D eigenvalue weighted by molar-refractivity contribution is 0.0693. The molecular weight excluding hydrogens is 206 g/mol. The fraction of sp³-hybridized carbons (Fsp3) is 0.417. The second-order valence-corrected chi connectivity index (χ2v) is 3.58. The molecule has 0 spiro atoms. The van der Waals surface area contributed by atoms with E-state index in [1.807, 2.05) is 13.8 Å². The fourth-order valence-corrected chi connectivity index (χ4v) is 1.58. The van der Waals surface area contributed by atoms with E-state index in [4.69, 9.17) is 5.11 Å². The average molecular weight is 223 g/mol. The van der Waals surface area contributed by atoms with Crippen molar-refractivity contribution in [3.63, 3.8) is 0 Å². The van der Waals surface area contributed by atoms with Crippen molar-refractivity contribution in [2.24, 2.45) is 0 Å². The van der Waals surface area contributed by atoms with Crippen molar-refractivity contribution in [1.29, 1.82) is 0 Å². The molecule has 0 amide bonds. The molecule has 16 heavy (non-hydrogen) atoms. The quantitative estimate of drug-likeness (QED) is 0.800. The topological polar surface area (TPSA) is 60.8 Å².